The summed E-state index contributed by atoms with van der Waals surface area (Å²) in [5.41, 5.74) is 2.15. The summed E-state index contributed by atoms with van der Waals surface area (Å²) in [6, 6.07) is 0.00862. The van der Waals surface area contributed by atoms with Crippen molar-refractivity contribution in [3.8, 4) is 0 Å². The van der Waals surface area contributed by atoms with Crippen LogP contribution in [0.1, 0.15) is 42.5 Å². The monoisotopic (exact) mass is 308 g/mol. The van der Waals surface area contributed by atoms with E-state index in [2.05, 4.69) is 5.10 Å². The second kappa shape index (κ2) is 6.81. The Kier molecular flexibility index (Phi) is 5.05. The van der Waals surface area contributed by atoms with E-state index in [0.29, 0.717) is 44.9 Å². The first-order valence-corrected chi connectivity index (χ1v) is 7.79. The lowest BCUT2D eigenvalue weighted by atomic mass is 10.1. The van der Waals surface area contributed by atoms with E-state index in [4.69, 9.17) is 4.74 Å². The summed E-state index contributed by atoms with van der Waals surface area (Å²) >= 11 is 0. The second-order valence-electron chi connectivity index (χ2n) is 5.24. The first-order chi connectivity index (χ1) is 10.5. The lowest BCUT2D eigenvalue weighted by Gasteiger charge is -2.32. The Hall–Kier alpha value is -2.05. The fourth-order valence-electron chi connectivity index (χ4n) is 2.81. The van der Waals surface area contributed by atoms with Crippen LogP contribution < -0.4 is 0 Å². The summed E-state index contributed by atoms with van der Waals surface area (Å²) in [5, 5.41) is 4.28. The second-order valence-corrected chi connectivity index (χ2v) is 5.24. The predicted molar refractivity (Wildman–Crippen MR) is 81.6 cm³/mol. The molecular formula is C15H24N4O3. The molecule has 1 aliphatic heterocycles. The Morgan fingerprint density at radius 3 is 2.55 bits per heavy atom. The fourth-order valence-corrected chi connectivity index (χ4v) is 2.81. The van der Waals surface area contributed by atoms with E-state index in [9.17, 15) is 9.59 Å². The average molecular weight is 308 g/mol. The van der Waals surface area contributed by atoms with Gasteiger partial charge < -0.3 is 14.5 Å². The van der Waals surface area contributed by atoms with Crippen LogP contribution >= 0.6 is 0 Å². The molecule has 1 aromatic rings. The summed E-state index contributed by atoms with van der Waals surface area (Å²) in [6.45, 7) is 8.41. The zero-order valence-corrected chi connectivity index (χ0v) is 13.8. The van der Waals surface area contributed by atoms with Gasteiger partial charge in [0.15, 0.2) is 5.69 Å². The van der Waals surface area contributed by atoms with Crippen LogP contribution in [0.2, 0.25) is 0 Å². The van der Waals surface area contributed by atoms with Crippen LogP contribution in [0.15, 0.2) is 0 Å². The van der Waals surface area contributed by atoms with Gasteiger partial charge in [0.2, 0.25) is 0 Å². The van der Waals surface area contributed by atoms with Gasteiger partial charge in [-0.1, -0.05) is 0 Å². The number of aryl methyl sites for hydroxylation is 1. The highest BCUT2D eigenvalue weighted by molar-refractivity contribution is 5.89. The molecule has 2 amide bonds. The van der Waals surface area contributed by atoms with Gasteiger partial charge in [0.1, 0.15) is 0 Å². The molecule has 1 aromatic heterocycles. The normalized spacial score (nSPS) is 13.7. The molecule has 2 heterocycles. The molecule has 0 saturated carbocycles. The maximum Gasteiger partial charge on any atom is 0.359 e. The number of nitrogens with zero attached hydrogens (tertiary/aromatic N) is 4. The smallest absolute Gasteiger partial charge is 0.359 e. The van der Waals surface area contributed by atoms with Gasteiger partial charge in [0.05, 0.1) is 13.2 Å². The summed E-state index contributed by atoms with van der Waals surface area (Å²) in [6.07, 6.45) is 0.700. The topological polar surface area (TPSA) is 67.7 Å². The van der Waals surface area contributed by atoms with Crippen molar-refractivity contribution in [3.63, 3.8) is 0 Å². The number of ether oxygens (including phenoxy) is 1. The van der Waals surface area contributed by atoms with Gasteiger partial charge in [-0.05, 0) is 20.8 Å². The van der Waals surface area contributed by atoms with E-state index in [1.807, 2.05) is 20.9 Å². The first kappa shape index (κ1) is 16.3. The maximum atomic E-state index is 12.5. The Morgan fingerprint density at radius 1 is 1.27 bits per heavy atom. The molecule has 1 aliphatic rings. The summed E-state index contributed by atoms with van der Waals surface area (Å²) < 4.78 is 6.79. The minimum atomic E-state index is -0.420. The van der Waals surface area contributed by atoms with Crippen molar-refractivity contribution in [3.05, 3.63) is 17.0 Å². The van der Waals surface area contributed by atoms with Crippen molar-refractivity contribution in [2.24, 2.45) is 7.05 Å². The standard InChI is InChI=1S/C15H24N4O3/c1-5-18(6-2)15(21)19-9-8-12-11(10-19)13(16-17(12)4)14(20)22-7-3/h5-10H2,1-4H3. The van der Waals surface area contributed by atoms with Crippen LogP contribution in [0.4, 0.5) is 4.79 Å². The molecule has 7 heteroatoms. The zero-order chi connectivity index (χ0) is 16.3. The Balaban J connectivity index is 2.25. The number of carbonyl (C=O) groups excluding carboxylic acids is 2. The number of hydrogen-bond donors (Lipinski definition) is 0. The number of rotatable bonds is 4. The van der Waals surface area contributed by atoms with Crippen LogP contribution in [0.25, 0.3) is 0 Å². The third-order valence-electron chi connectivity index (χ3n) is 4.02. The molecule has 0 spiro atoms. The number of urea groups is 1. The van der Waals surface area contributed by atoms with Gasteiger partial charge in [-0.3, -0.25) is 4.68 Å². The van der Waals surface area contributed by atoms with Crippen molar-refractivity contribution >= 4 is 12.0 Å². The molecule has 0 bridgehead atoms. The largest absolute Gasteiger partial charge is 0.461 e. The van der Waals surface area contributed by atoms with Crippen molar-refractivity contribution < 1.29 is 14.3 Å². The molecular weight excluding hydrogens is 284 g/mol. The van der Waals surface area contributed by atoms with E-state index in [-0.39, 0.29) is 6.03 Å². The molecule has 0 aromatic carbocycles. The van der Waals surface area contributed by atoms with Crippen LogP contribution in [0, 0.1) is 0 Å². The van der Waals surface area contributed by atoms with Gasteiger partial charge in [-0.2, -0.15) is 5.10 Å². The third-order valence-corrected chi connectivity index (χ3v) is 4.02. The Bertz CT molecular complexity index is 563. The van der Waals surface area contributed by atoms with Crippen molar-refractivity contribution in [2.45, 2.75) is 33.7 Å². The summed E-state index contributed by atoms with van der Waals surface area (Å²) in [4.78, 5) is 28.1. The zero-order valence-electron chi connectivity index (χ0n) is 13.8. The number of fused-ring (bicyclic) bond motifs is 1. The summed E-state index contributed by atoms with van der Waals surface area (Å²) in [5.74, 6) is -0.420. The van der Waals surface area contributed by atoms with Gasteiger partial charge in [-0.15, -0.1) is 0 Å². The van der Waals surface area contributed by atoms with E-state index < -0.39 is 5.97 Å². The van der Waals surface area contributed by atoms with Crippen molar-refractivity contribution in [1.82, 2.24) is 19.6 Å². The molecule has 7 nitrogen and oxygen atoms in total. The van der Waals surface area contributed by atoms with E-state index in [1.165, 1.54) is 0 Å². The average Bonchev–Trinajstić information content (AvgIpc) is 2.85. The highest BCUT2D eigenvalue weighted by atomic mass is 16.5. The minimum Gasteiger partial charge on any atom is -0.461 e. The van der Waals surface area contributed by atoms with Gasteiger partial charge in [0, 0.05) is 44.4 Å². The Labute approximate surface area is 130 Å². The molecule has 22 heavy (non-hydrogen) atoms. The highest BCUT2D eigenvalue weighted by Gasteiger charge is 2.31. The van der Waals surface area contributed by atoms with Gasteiger partial charge in [-0.25, -0.2) is 9.59 Å². The number of amides is 2. The SMILES string of the molecule is CCOC(=O)c1nn(C)c2c1CN(C(=O)N(CC)CC)CC2. The lowest BCUT2D eigenvalue weighted by Crippen LogP contribution is -2.45. The number of aromatic nitrogens is 2. The van der Waals surface area contributed by atoms with Crippen LogP contribution in [-0.2, 0) is 24.8 Å². The van der Waals surface area contributed by atoms with Crippen LogP contribution in [0.3, 0.4) is 0 Å². The summed E-state index contributed by atoms with van der Waals surface area (Å²) in [7, 11) is 1.82. The number of esters is 1. The van der Waals surface area contributed by atoms with Crippen LogP contribution in [-0.4, -0.2) is 57.8 Å². The first-order valence-electron chi connectivity index (χ1n) is 7.79. The highest BCUT2D eigenvalue weighted by Crippen LogP contribution is 2.23. The van der Waals surface area contributed by atoms with Crippen molar-refractivity contribution in [2.75, 3.05) is 26.2 Å². The van der Waals surface area contributed by atoms with Gasteiger partial charge in [0.25, 0.3) is 0 Å². The van der Waals surface area contributed by atoms with E-state index >= 15 is 0 Å². The molecule has 0 unspecified atom stereocenters. The third kappa shape index (κ3) is 2.93. The lowest BCUT2D eigenvalue weighted by molar-refractivity contribution is 0.0515. The molecule has 0 aliphatic carbocycles. The van der Waals surface area contributed by atoms with Crippen molar-refractivity contribution in [1.29, 1.82) is 0 Å². The predicted octanol–water partition coefficient (Wildman–Crippen LogP) is 1.42. The molecule has 0 N–H and O–H groups in total. The molecule has 0 saturated heterocycles. The molecule has 122 valence electrons. The van der Waals surface area contributed by atoms with E-state index in [0.717, 1.165) is 11.3 Å². The molecule has 0 fully saturated rings. The van der Waals surface area contributed by atoms with Gasteiger partial charge >= 0.3 is 12.0 Å². The molecule has 0 atom stereocenters. The van der Waals surface area contributed by atoms with E-state index in [1.54, 1.807) is 21.4 Å². The number of hydrogen-bond acceptors (Lipinski definition) is 4. The quantitative estimate of drug-likeness (QED) is 0.789. The molecule has 0 radical (unpaired) electrons. The Morgan fingerprint density at radius 2 is 1.95 bits per heavy atom. The van der Waals surface area contributed by atoms with Crippen LogP contribution in [0.5, 0.6) is 0 Å². The fraction of sp³-hybridized carbons (Fsp3) is 0.667. The minimum absolute atomic E-state index is 0.00862. The molecule has 2 rings (SSSR count). The number of carbonyl (C=O) groups is 2. The maximum absolute atomic E-state index is 12.5.